The molecule has 0 aromatic carbocycles. The van der Waals surface area contributed by atoms with Gasteiger partial charge in [-0.25, -0.2) is 0 Å². The van der Waals surface area contributed by atoms with Crippen LogP contribution in [0.15, 0.2) is 12.3 Å². The summed E-state index contributed by atoms with van der Waals surface area (Å²) in [6.07, 6.45) is 2.89. The number of aromatic amines is 1. The molecule has 0 aliphatic rings. The molecule has 1 heterocycles. The van der Waals surface area contributed by atoms with Crippen molar-refractivity contribution in [1.82, 2.24) is 15.6 Å². The second kappa shape index (κ2) is 8.19. The average Bonchev–Trinajstić information content (AvgIpc) is 2.64. The second-order valence-corrected chi connectivity index (χ2v) is 3.52. The normalized spacial score (nSPS) is 9.62. The summed E-state index contributed by atoms with van der Waals surface area (Å²) in [5.74, 6) is -0.00736. The van der Waals surface area contributed by atoms with Gasteiger partial charge in [-0.15, -0.1) is 12.4 Å². The molecule has 0 saturated carbocycles. The number of amides is 1. The average molecular weight is 246 g/mol. The Hall–Kier alpha value is -1.00. The first-order chi connectivity index (χ1) is 7.25. The summed E-state index contributed by atoms with van der Waals surface area (Å²) < 4.78 is 0. The maximum Gasteiger partial charge on any atom is 0.253 e. The van der Waals surface area contributed by atoms with E-state index in [1.807, 2.05) is 6.92 Å². The van der Waals surface area contributed by atoms with Crippen molar-refractivity contribution in [2.24, 2.45) is 0 Å². The molecule has 92 valence electrons. The van der Waals surface area contributed by atoms with Crippen molar-refractivity contribution >= 4 is 18.3 Å². The molecule has 1 aromatic rings. The van der Waals surface area contributed by atoms with Crippen LogP contribution in [0.5, 0.6) is 0 Å². The van der Waals surface area contributed by atoms with E-state index in [-0.39, 0.29) is 18.3 Å². The van der Waals surface area contributed by atoms with Gasteiger partial charge in [0.1, 0.15) is 0 Å². The van der Waals surface area contributed by atoms with Crippen LogP contribution in [0.3, 0.4) is 0 Å². The second-order valence-electron chi connectivity index (χ2n) is 3.52. The number of aromatic nitrogens is 1. The van der Waals surface area contributed by atoms with Gasteiger partial charge in [0.05, 0.1) is 5.56 Å². The molecule has 0 radical (unpaired) electrons. The number of carbonyl (C=O) groups excluding carboxylic acids is 1. The topological polar surface area (TPSA) is 56.9 Å². The summed E-state index contributed by atoms with van der Waals surface area (Å²) in [6, 6.07) is 1.80. The highest BCUT2D eigenvalue weighted by Gasteiger charge is 2.07. The zero-order valence-corrected chi connectivity index (χ0v) is 10.6. The Morgan fingerprint density at radius 1 is 1.38 bits per heavy atom. The Morgan fingerprint density at radius 2 is 2.12 bits per heavy atom. The number of rotatable bonds is 6. The Bertz CT molecular complexity index is 312. The Labute approximate surface area is 103 Å². The van der Waals surface area contributed by atoms with Crippen LogP contribution in [0, 0.1) is 6.92 Å². The van der Waals surface area contributed by atoms with Gasteiger partial charge in [-0.3, -0.25) is 4.79 Å². The fourth-order valence-corrected chi connectivity index (χ4v) is 1.36. The molecule has 0 aliphatic heterocycles. The minimum atomic E-state index is -0.00736. The van der Waals surface area contributed by atoms with E-state index >= 15 is 0 Å². The molecule has 4 nitrogen and oxygen atoms in total. The van der Waals surface area contributed by atoms with Gasteiger partial charge in [-0.1, -0.05) is 6.92 Å². The number of carbonyl (C=O) groups is 1. The third-order valence-electron chi connectivity index (χ3n) is 2.21. The van der Waals surface area contributed by atoms with E-state index in [0.717, 1.165) is 30.8 Å². The molecule has 0 fully saturated rings. The number of halogens is 1. The molecular formula is C11H20ClN3O. The van der Waals surface area contributed by atoms with Gasteiger partial charge in [0.15, 0.2) is 0 Å². The lowest BCUT2D eigenvalue weighted by molar-refractivity contribution is 0.0953. The summed E-state index contributed by atoms with van der Waals surface area (Å²) in [7, 11) is 0. The third-order valence-corrected chi connectivity index (χ3v) is 2.21. The van der Waals surface area contributed by atoms with Gasteiger partial charge in [0.2, 0.25) is 0 Å². The van der Waals surface area contributed by atoms with Crippen molar-refractivity contribution in [3.8, 4) is 0 Å². The zero-order chi connectivity index (χ0) is 11.1. The Kier molecular flexibility index (Phi) is 7.68. The van der Waals surface area contributed by atoms with E-state index in [1.165, 1.54) is 0 Å². The maximum absolute atomic E-state index is 11.6. The number of aryl methyl sites for hydroxylation is 1. The minimum Gasteiger partial charge on any atom is -0.365 e. The molecule has 16 heavy (non-hydrogen) atoms. The molecule has 1 rings (SSSR count). The zero-order valence-electron chi connectivity index (χ0n) is 9.80. The smallest absolute Gasteiger partial charge is 0.253 e. The van der Waals surface area contributed by atoms with Crippen LogP contribution in [0.1, 0.15) is 29.4 Å². The molecule has 3 N–H and O–H groups in total. The minimum absolute atomic E-state index is 0. The van der Waals surface area contributed by atoms with Crippen molar-refractivity contribution in [3.05, 3.63) is 23.5 Å². The summed E-state index contributed by atoms with van der Waals surface area (Å²) in [5.41, 5.74) is 1.64. The number of H-pyrrole nitrogens is 1. The molecule has 0 bridgehead atoms. The monoisotopic (exact) mass is 245 g/mol. The summed E-state index contributed by atoms with van der Waals surface area (Å²) in [6.45, 7) is 6.50. The first-order valence-corrected chi connectivity index (χ1v) is 5.38. The van der Waals surface area contributed by atoms with Crippen molar-refractivity contribution < 1.29 is 4.79 Å². The highest BCUT2D eigenvalue weighted by molar-refractivity contribution is 5.95. The van der Waals surface area contributed by atoms with Crippen molar-refractivity contribution in [3.63, 3.8) is 0 Å². The van der Waals surface area contributed by atoms with E-state index in [1.54, 1.807) is 12.3 Å². The number of nitrogens with one attached hydrogen (secondary N) is 3. The van der Waals surface area contributed by atoms with Crippen LogP contribution in [0.2, 0.25) is 0 Å². The van der Waals surface area contributed by atoms with Crippen molar-refractivity contribution in [1.29, 1.82) is 0 Å². The number of hydrogen-bond acceptors (Lipinski definition) is 2. The van der Waals surface area contributed by atoms with E-state index in [2.05, 4.69) is 22.5 Å². The van der Waals surface area contributed by atoms with Crippen molar-refractivity contribution in [2.75, 3.05) is 19.6 Å². The van der Waals surface area contributed by atoms with Crippen LogP contribution in [0.25, 0.3) is 0 Å². The quantitative estimate of drug-likeness (QED) is 0.665. The molecule has 0 atom stereocenters. The highest BCUT2D eigenvalue weighted by Crippen LogP contribution is 2.03. The van der Waals surface area contributed by atoms with Gasteiger partial charge in [-0.05, 0) is 26.0 Å². The molecule has 0 saturated heterocycles. The fraction of sp³-hybridized carbons (Fsp3) is 0.545. The highest BCUT2D eigenvalue weighted by atomic mass is 35.5. The Balaban J connectivity index is 0.00000225. The van der Waals surface area contributed by atoms with Crippen LogP contribution >= 0.6 is 12.4 Å². The third kappa shape index (κ3) is 4.68. The maximum atomic E-state index is 11.6. The fourth-order valence-electron chi connectivity index (χ4n) is 1.36. The predicted molar refractivity (Wildman–Crippen MR) is 68.3 cm³/mol. The molecule has 5 heteroatoms. The molecule has 0 spiro atoms. The Morgan fingerprint density at radius 3 is 2.69 bits per heavy atom. The first kappa shape index (κ1) is 15.0. The molecule has 0 unspecified atom stereocenters. The van der Waals surface area contributed by atoms with E-state index < -0.39 is 0 Å². The molecule has 0 aliphatic carbocycles. The van der Waals surface area contributed by atoms with Gasteiger partial charge in [0.25, 0.3) is 5.91 Å². The molecule has 1 aromatic heterocycles. The molecular weight excluding hydrogens is 226 g/mol. The van der Waals surface area contributed by atoms with Gasteiger partial charge in [0, 0.05) is 25.0 Å². The molecule has 1 amide bonds. The largest absolute Gasteiger partial charge is 0.365 e. The van der Waals surface area contributed by atoms with Gasteiger partial charge < -0.3 is 15.6 Å². The van der Waals surface area contributed by atoms with Crippen LogP contribution in [0.4, 0.5) is 0 Å². The van der Waals surface area contributed by atoms with Crippen molar-refractivity contribution in [2.45, 2.75) is 20.3 Å². The predicted octanol–water partition coefficient (Wildman–Crippen LogP) is 1.47. The van der Waals surface area contributed by atoms with E-state index in [9.17, 15) is 4.79 Å². The van der Waals surface area contributed by atoms with Crippen LogP contribution in [-0.2, 0) is 0 Å². The summed E-state index contributed by atoms with van der Waals surface area (Å²) >= 11 is 0. The lowest BCUT2D eigenvalue weighted by atomic mass is 10.2. The van der Waals surface area contributed by atoms with E-state index in [4.69, 9.17) is 0 Å². The van der Waals surface area contributed by atoms with Crippen LogP contribution < -0.4 is 10.6 Å². The van der Waals surface area contributed by atoms with E-state index in [0.29, 0.717) is 6.54 Å². The number of hydrogen-bond donors (Lipinski definition) is 3. The lowest BCUT2D eigenvalue weighted by Crippen LogP contribution is -2.32. The van der Waals surface area contributed by atoms with Crippen LogP contribution in [-0.4, -0.2) is 30.5 Å². The standard InChI is InChI=1S/C11H19N3O.ClH/c1-3-5-12-7-8-14-11(15)10-4-6-13-9(10)2;/h4,6,12-13H,3,5,7-8H2,1-2H3,(H,14,15);1H. The summed E-state index contributed by atoms with van der Waals surface area (Å²) in [4.78, 5) is 14.6. The van der Waals surface area contributed by atoms with Gasteiger partial charge in [-0.2, -0.15) is 0 Å². The summed E-state index contributed by atoms with van der Waals surface area (Å²) in [5, 5.41) is 6.09. The first-order valence-electron chi connectivity index (χ1n) is 5.38. The lowest BCUT2D eigenvalue weighted by Gasteiger charge is -2.05. The van der Waals surface area contributed by atoms with Gasteiger partial charge >= 0.3 is 0 Å². The SMILES string of the molecule is CCCNCCNC(=O)c1cc[nH]c1C.Cl.